The van der Waals surface area contributed by atoms with Gasteiger partial charge in [0.15, 0.2) is 0 Å². The number of amides is 1. The minimum Gasteiger partial charge on any atom is -0.342 e. The second kappa shape index (κ2) is 8.66. The zero-order chi connectivity index (χ0) is 16.7. The standard InChI is InChI=1S/C18H26N4O/c1-3-22(4-2)18(23)15-21-11-9-20(10-12-21)14-17-8-6-5-7-16(17)13-19/h5-8H,3-4,9-12,14-15H2,1-2H3. The van der Waals surface area contributed by atoms with E-state index in [1.165, 1.54) is 0 Å². The Balaban J connectivity index is 1.82. The number of piperazine rings is 1. The van der Waals surface area contributed by atoms with Crippen molar-refractivity contribution >= 4 is 5.91 Å². The number of rotatable bonds is 6. The van der Waals surface area contributed by atoms with Crippen LogP contribution in [0.1, 0.15) is 25.0 Å². The van der Waals surface area contributed by atoms with Crippen molar-refractivity contribution in [3.8, 4) is 6.07 Å². The zero-order valence-corrected chi connectivity index (χ0v) is 14.2. The van der Waals surface area contributed by atoms with E-state index in [1.807, 2.05) is 43.0 Å². The summed E-state index contributed by atoms with van der Waals surface area (Å²) in [7, 11) is 0. The summed E-state index contributed by atoms with van der Waals surface area (Å²) in [5.74, 6) is 0.221. The van der Waals surface area contributed by atoms with Crippen LogP contribution in [-0.4, -0.2) is 66.4 Å². The van der Waals surface area contributed by atoms with E-state index in [0.29, 0.717) is 6.54 Å². The molecule has 0 aromatic heterocycles. The highest BCUT2D eigenvalue weighted by Gasteiger charge is 2.21. The average molecular weight is 314 g/mol. The fourth-order valence-electron chi connectivity index (χ4n) is 2.98. The molecule has 0 spiro atoms. The molecule has 1 saturated heterocycles. The van der Waals surface area contributed by atoms with Gasteiger partial charge >= 0.3 is 0 Å². The predicted octanol–water partition coefficient (Wildman–Crippen LogP) is 1.54. The number of likely N-dealkylation sites (N-methyl/N-ethyl adjacent to an activating group) is 1. The maximum Gasteiger partial charge on any atom is 0.236 e. The van der Waals surface area contributed by atoms with Crippen molar-refractivity contribution in [2.45, 2.75) is 20.4 Å². The molecule has 1 heterocycles. The molecule has 1 aliphatic rings. The lowest BCUT2D eigenvalue weighted by molar-refractivity contribution is -0.132. The molecule has 1 aromatic rings. The van der Waals surface area contributed by atoms with Gasteiger partial charge < -0.3 is 4.90 Å². The van der Waals surface area contributed by atoms with Crippen molar-refractivity contribution < 1.29 is 4.79 Å². The molecule has 0 bridgehead atoms. The van der Waals surface area contributed by atoms with Crippen molar-refractivity contribution in [3.05, 3.63) is 35.4 Å². The van der Waals surface area contributed by atoms with Gasteiger partial charge in [-0.25, -0.2) is 0 Å². The van der Waals surface area contributed by atoms with Crippen LogP contribution < -0.4 is 0 Å². The number of benzene rings is 1. The lowest BCUT2D eigenvalue weighted by Gasteiger charge is -2.35. The molecule has 0 radical (unpaired) electrons. The monoisotopic (exact) mass is 314 g/mol. The minimum atomic E-state index is 0.221. The van der Waals surface area contributed by atoms with Crippen LogP contribution in [0.25, 0.3) is 0 Å². The quantitative estimate of drug-likeness (QED) is 0.799. The Labute approximate surface area is 139 Å². The van der Waals surface area contributed by atoms with Gasteiger partial charge in [0.1, 0.15) is 0 Å². The van der Waals surface area contributed by atoms with E-state index in [1.54, 1.807) is 0 Å². The van der Waals surface area contributed by atoms with Gasteiger partial charge in [0, 0.05) is 45.8 Å². The number of hydrogen-bond acceptors (Lipinski definition) is 4. The van der Waals surface area contributed by atoms with E-state index < -0.39 is 0 Å². The van der Waals surface area contributed by atoms with E-state index in [2.05, 4.69) is 15.9 Å². The number of carbonyl (C=O) groups is 1. The topological polar surface area (TPSA) is 50.6 Å². The van der Waals surface area contributed by atoms with Crippen LogP contribution in [0.15, 0.2) is 24.3 Å². The summed E-state index contributed by atoms with van der Waals surface area (Å²) in [6.45, 7) is 10.6. The highest BCUT2D eigenvalue weighted by atomic mass is 16.2. The van der Waals surface area contributed by atoms with E-state index in [9.17, 15) is 4.79 Å². The van der Waals surface area contributed by atoms with Crippen LogP contribution in [-0.2, 0) is 11.3 Å². The molecule has 1 fully saturated rings. The highest BCUT2D eigenvalue weighted by molar-refractivity contribution is 5.78. The number of hydrogen-bond donors (Lipinski definition) is 0. The van der Waals surface area contributed by atoms with Crippen LogP contribution in [0, 0.1) is 11.3 Å². The molecule has 0 atom stereocenters. The third-order valence-electron chi connectivity index (χ3n) is 4.47. The van der Waals surface area contributed by atoms with Crippen LogP contribution in [0.5, 0.6) is 0 Å². The van der Waals surface area contributed by atoms with Crippen LogP contribution in [0.3, 0.4) is 0 Å². The third kappa shape index (κ3) is 4.78. The summed E-state index contributed by atoms with van der Waals surface area (Å²) < 4.78 is 0. The van der Waals surface area contributed by atoms with Gasteiger partial charge in [0.25, 0.3) is 0 Å². The molecule has 23 heavy (non-hydrogen) atoms. The Morgan fingerprint density at radius 3 is 2.35 bits per heavy atom. The largest absolute Gasteiger partial charge is 0.342 e. The van der Waals surface area contributed by atoms with Crippen LogP contribution in [0.2, 0.25) is 0 Å². The maximum absolute atomic E-state index is 12.2. The van der Waals surface area contributed by atoms with Gasteiger partial charge in [0.05, 0.1) is 18.2 Å². The van der Waals surface area contributed by atoms with Crippen LogP contribution >= 0.6 is 0 Å². The third-order valence-corrected chi connectivity index (χ3v) is 4.47. The van der Waals surface area contributed by atoms with Gasteiger partial charge in [-0.3, -0.25) is 14.6 Å². The molecular weight excluding hydrogens is 288 g/mol. The second-order valence-electron chi connectivity index (χ2n) is 5.89. The lowest BCUT2D eigenvalue weighted by atomic mass is 10.1. The molecule has 1 aromatic carbocycles. The number of nitriles is 1. The first-order valence-corrected chi connectivity index (χ1v) is 8.38. The first-order chi connectivity index (χ1) is 11.2. The molecule has 124 valence electrons. The van der Waals surface area contributed by atoms with Gasteiger partial charge in [0.2, 0.25) is 5.91 Å². The predicted molar refractivity (Wildman–Crippen MR) is 90.8 cm³/mol. The smallest absolute Gasteiger partial charge is 0.236 e. The van der Waals surface area contributed by atoms with Gasteiger partial charge in [-0.05, 0) is 25.5 Å². The zero-order valence-electron chi connectivity index (χ0n) is 14.2. The summed E-state index contributed by atoms with van der Waals surface area (Å²) >= 11 is 0. The summed E-state index contributed by atoms with van der Waals surface area (Å²) in [6.07, 6.45) is 0. The van der Waals surface area contributed by atoms with E-state index in [4.69, 9.17) is 5.26 Å². The fourth-order valence-corrected chi connectivity index (χ4v) is 2.98. The Hall–Kier alpha value is -1.90. The van der Waals surface area contributed by atoms with E-state index in [0.717, 1.165) is 56.9 Å². The van der Waals surface area contributed by atoms with E-state index in [-0.39, 0.29) is 5.91 Å². The molecule has 1 aliphatic heterocycles. The Morgan fingerprint density at radius 1 is 1.13 bits per heavy atom. The Morgan fingerprint density at radius 2 is 1.74 bits per heavy atom. The summed E-state index contributed by atoms with van der Waals surface area (Å²) in [4.78, 5) is 18.6. The highest BCUT2D eigenvalue weighted by Crippen LogP contribution is 2.12. The minimum absolute atomic E-state index is 0.221. The van der Waals surface area contributed by atoms with Crippen molar-refractivity contribution in [2.24, 2.45) is 0 Å². The molecule has 0 aliphatic carbocycles. The summed E-state index contributed by atoms with van der Waals surface area (Å²) in [6, 6.07) is 10.0. The molecule has 0 N–H and O–H groups in total. The molecule has 5 nitrogen and oxygen atoms in total. The van der Waals surface area contributed by atoms with Crippen molar-refractivity contribution in [2.75, 3.05) is 45.8 Å². The number of nitrogens with zero attached hydrogens (tertiary/aromatic N) is 4. The van der Waals surface area contributed by atoms with E-state index >= 15 is 0 Å². The second-order valence-corrected chi connectivity index (χ2v) is 5.89. The van der Waals surface area contributed by atoms with Crippen LogP contribution in [0.4, 0.5) is 0 Å². The van der Waals surface area contributed by atoms with Gasteiger partial charge in [-0.1, -0.05) is 18.2 Å². The summed E-state index contributed by atoms with van der Waals surface area (Å²) in [5.41, 5.74) is 1.84. The molecular formula is C18H26N4O. The Kier molecular flexibility index (Phi) is 6.57. The lowest BCUT2D eigenvalue weighted by Crippen LogP contribution is -2.49. The van der Waals surface area contributed by atoms with Gasteiger partial charge in [-0.15, -0.1) is 0 Å². The molecule has 2 rings (SSSR count). The fraction of sp³-hybridized carbons (Fsp3) is 0.556. The molecule has 5 heteroatoms. The summed E-state index contributed by atoms with van der Waals surface area (Å²) in [5, 5.41) is 9.17. The van der Waals surface area contributed by atoms with Crippen molar-refractivity contribution in [3.63, 3.8) is 0 Å². The van der Waals surface area contributed by atoms with Crippen molar-refractivity contribution in [1.82, 2.24) is 14.7 Å². The van der Waals surface area contributed by atoms with Gasteiger partial charge in [-0.2, -0.15) is 5.26 Å². The molecule has 1 amide bonds. The molecule has 0 saturated carbocycles. The first-order valence-electron chi connectivity index (χ1n) is 8.38. The Bertz CT molecular complexity index is 554. The SMILES string of the molecule is CCN(CC)C(=O)CN1CCN(Cc2ccccc2C#N)CC1. The number of carbonyl (C=O) groups excluding carboxylic acids is 1. The average Bonchev–Trinajstić information content (AvgIpc) is 2.58. The van der Waals surface area contributed by atoms with Crippen molar-refractivity contribution in [1.29, 1.82) is 5.26 Å². The normalized spacial score (nSPS) is 16.0. The maximum atomic E-state index is 12.2. The first kappa shape index (κ1) is 17.5. The molecule has 0 unspecified atom stereocenters.